The van der Waals surface area contributed by atoms with Crippen LogP contribution in [0.3, 0.4) is 0 Å². The van der Waals surface area contributed by atoms with E-state index in [-0.39, 0.29) is 10.8 Å². The second-order valence-corrected chi connectivity index (χ2v) is 4.99. The van der Waals surface area contributed by atoms with Gasteiger partial charge in [-0.2, -0.15) is 18.3 Å². The zero-order chi connectivity index (χ0) is 15.8. The predicted molar refractivity (Wildman–Crippen MR) is 70.7 cm³/mol. The van der Waals surface area contributed by atoms with Crippen LogP contribution >= 0.6 is 15.9 Å². The molecule has 21 heavy (non-hydrogen) atoms. The van der Waals surface area contributed by atoms with Crippen molar-refractivity contribution in [1.29, 1.82) is 0 Å². The molecule has 112 valence electrons. The molecule has 0 bridgehead atoms. The summed E-state index contributed by atoms with van der Waals surface area (Å²) in [4.78, 5) is 23.3. The highest BCUT2D eigenvalue weighted by atomic mass is 79.9. The van der Waals surface area contributed by atoms with Gasteiger partial charge in [0.05, 0.1) is 12.5 Å². The van der Waals surface area contributed by atoms with E-state index in [4.69, 9.17) is 0 Å². The van der Waals surface area contributed by atoms with Gasteiger partial charge in [0, 0.05) is 9.86 Å². The van der Waals surface area contributed by atoms with E-state index in [1.54, 1.807) is 0 Å². The number of carbonyl (C=O) groups excluding carboxylic acids is 1. The summed E-state index contributed by atoms with van der Waals surface area (Å²) in [5.41, 5.74) is -2.03. The van der Waals surface area contributed by atoms with Crippen LogP contribution in [0, 0.1) is 0 Å². The molecule has 1 aromatic heterocycles. The first-order valence-corrected chi connectivity index (χ1v) is 6.37. The molecule has 0 aliphatic rings. The lowest BCUT2D eigenvalue weighted by Gasteiger charge is -2.12. The molecule has 0 spiro atoms. The molecule has 5 nitrogen and oxygen atoms in total. The smallest absolute Gasteiger partial charge is 0.435 e. The predicted octanol–water partition coefficient (Wildman–Crippen LogP) is 2.35. The molecule has 0 unspecified atom stereocenters. The summed E-state index contributed by atoms with van der Waals surface area (Å²) >= 11 is 3.09. The van der Waals surface area contributed by atoms with E-state index >= 15 is 0 Å². The van der Waals surface area contributed by atoms with E-state index in [0.717, 1.165) is 13.2 Å². The van der Waals surface area contributed by atoms with E-state index in [1.807, 2.05) is 0 Å². The summed E-state index contributed by atoms with van der Waals surface area (Å²) in [5.74, 6) is -0.868. The molecular formula is C12H8BrF3N2O3. The highest BCUT2D eigenvalue weighted by Gasteiger charge is 2.36. The maximum Gasteiger partial charge on any atom is 0.435 e. The van der Waals surface area contributed by atoms with Crippen molar-refractivity contribution in [3.63, 3.8) is 0 Å². The molecule has 0 atom stereocenters. The van der Waals surface area contributed by atoms with E-state index in [0.29, 0.717) is 9.15 Å². The van der Waals surface area contributed by atoms with Crippen LogP contribution in [0.25, 0.3) is 10.8 Å². The molecule has 2 aromatic rings. The van der Waals surface area contributed by atoms with Gasteiger partial charge in [-0.05, 0) is 12.1 Å². The summed E-state index contributed by atoms with van der Waals surface area (Å²) in [6.45, 7) is -0.694. The van der Waals surface area contributed by atoms with E-state index < -0.39 is 29.9 Å². The molecule has 0 amide bonds. The van der Waals surface area contributed by atoms with Gasteiger partial charge >= 0.3 is 12.1 Å². The third-order valence-electron chi connectivity index (χ3n) is 2.70. The Balaban J connectivity index is 2.80. The number of carbonyl (C=O) groups is 1. The number of benzene rings is 1. The van der Waals surface area contributed by atoms with Crippen molar-refractivity contribution in [3.05, 3.63) is 38.7 Å². The molecule has 9 heteroatoms. The average molecular weight is 365 g/mol. The second kappa shape index (κ2) is 5.47. The fourth-order valence-corrected chi connectivity index (χ4v) is 2.12. The quantitative estimate of drug-likeness (QED) is 0.767. The van der Waals surface area contributed by atoms with Gasteiger partial charge in [0.1, 0.15) is 6.54 Å². The maximum atomic E-state index is 13.0. The Bertz CT molecular complexity index is 771. The van der Waals surface area contributed by atoms with Gasteiger partial charge in [-0.3, -0.25) is 9.59 Å². The number of hydrogen-bond acceptors (Lipinski definition) is 4. The fourth-order valence-electron chi connectivity index (χ4n) is 1.76. The van der Waals surface area contributed by atoms with E-state index in [1.165, 1.54) is 12.1 Å². The number of alkyl halides is 3. The highest BCUT2D eigenvalue weighted by molar-refractivity contribution is 9.10. The van der Waals surface area contributed by atoms with Crippen molar-refractivity contribution in [2.75, 3.05) is 7.11 Å². The van der Waals surface area contributed by atoms with Crippen molar-refractivity contribution in [1.82, 2.24) is 9.78 Å². The number of methoxy groups -OCH3 is 1. The van der Waals surface area contributed by atoms with Crippen LogP contribution < -0.4 is 5.56 Å². The number of ether oxygens (including phenoxy) is 1. The number of hydrogen-bond donors (Lipinski definition) is 0. The molecule has 0 aliphatic heterocycles. The molecule has 0 saturated carbocycles. The van der Waals surface area contributed by atoms with Crippen molar-refractivity contribution < 1.29 is 22.7 Å². The van der Waals surface area contributed by atoms with Gasteiger partial charge in [0.2, 0.25) is 0 Å². The lowest BCUT2D eigenvalue weighted by atomic mass is 10.1. The Morgan fingerprint density at radius 2 is 2.05 bits per heavy atom. The molecule has 1 aromatic carbocycles. The van der Waals surface area contributed by atoms with Crippen molar-refractivity contribution in [2.45, 2.75) is 12.7 Å². The van der Waals surface area contributed by atoms with Crippen LogP contribution in [0.5, 0.6) is 0 Å². The Hall–Kier alpha value is -1.90. The first-order chi connectivity index (χ1) is 9.74. The minimum Gasteiger partial charge on any atom is -0.468 e. The SMILES string of the molecule is COC(=O)Cn1nc(C(F)(F)F)c2ccc(Br)cc2c1=O. The van der Waals surface area contributed by atoms with Crippen molar-refractivity contribution in [3.8, 4) is 0 Å². The molecule has 2 rings (SSSR count). The first kappa shape index (κ1) is 15.5. The molecule has 1 heterocycles. The van der Waals surface area contributed by atoms with Gasteiger partial charge < -0.3 is 4.74 Å². The molecule has 0 N–H and O–H groups in total. The van der Waals surface area contributed by atoms with Crippen LogP contribution in [0.4, 0.5) is 13.2 Å². The summed E-state index contributed by atoms with van der Waals surface area (Å²) in [5, 5.41) is 2.75. The van der Waals surface area contributed by atoms with E-state index in [9.17, 15) is 22.8 Å². The largest absolute Gasteiger partial charge is 0.468 e. The summed E-state index contributed by atoms with van der Waals surface area (Å²) in [6, 6.07) is 3.78. The van der Waals surface area contributed by atoms with Gasteiger partial charge in [0.25, 0.3) is 5.56 Å². The van der Waals surface area contributed by atoms with Gasteiger partial charge in [-0.25, -0.2) is 4.68 Å². The Kier molecular flexibility index (Phi) is 4.04. The number of rotatable bonds is 2. The number of nitrogens with zero attached hydrogens (tertiary/aromatic N) is 2. The lowest BCUT2D eigenvalue weighted by molar-refractivity contribution is -0.144. The minimum atomic E-state index is -4.75. The summed E-state index contributed by atoms with van der Waals surface area (Å²) in [6.07, 6.45) is -4.75. The van der Waals surface area contributed by atoms with Crippen LogP contribution in [-0.2, 0) is 22.3 Å². The number of esters is 1. The molecule has 0 saturated heterocycles. The monoisotopic (exact) mass is 364 g/mol. The zero-order valence-electron chi connectivity index (χ0n) is 10.6. The number of aromatic nitrogens is 2. The maximum absolute atomic E-state index is 13.0. The average Bonchev–Trinajstić information content (AvgIpc) is 2.40. The zero-order valence-corrected chi connectivity index (χ0v) is 12.2. The van der Waals surface area contributed by atoms with Gasteiger partial charge in [0.15, 0.2) is 5.69 Å². The van der Waals surface area contributed by atoms with Crippen molar-refractivity contribution >= 4 is 32.7 Å². The van der Waals surface area contributed by atoms with E-state index in [2.05, 4.69) is 25.8 Å². The van der Waals surface area contributed by atoms with Crippen molar-refractivity contribution in [2.24, 2.45) is 0 Å². The first-order valence-electron chi connectivity index (χ1n) is 5.58. The summed E-state index contributed by atoms with van der Waals surface area (Å²) in [7, 11) is 1.07. The third-order valence-corrected chi connectivity index (χ3v) is 3.19. The molecule has 0 aliphatic carbocycles. The highest BCUT2D eigenvalue weighted by Crippen LogP contribution is 2.32. The minimum absolute atomic E-state index is 0.185. The van der Waals surface area contributed by atoms with Crippen LogP contribution in [-0.4, -0.2) is 22.9 Å². The van der Waals surface area contributed by atoms with Crippen LogP contribution in [0.2, 0.25) is 0 Å². The standard InChI is InChI=1S/C12H8BrF3N2O3/c1-21-9(19)5-18-11(20)8-4-6(13)2-3-7(8)10(17-18)12(14,15)16/h2-4H,5H2,1H3. The Labute approximate surface area is 124 Å². The molecular weight excluding hydrogens is 357 g/mol. The normalized spacial score (nSPS) is 11.7. The van der Waals surface area contributed by atoms with Gasteiger partial charge in [-0.1, -0.05) is 22.0 Å². The lowest BCUT2D eigenvalue weighted by Crippen LogP contribution is -2.30. The number of fused-ring (bicyclic) bond motifs is 1. The van der Waals surface area contributed by atoms with Crippen LogP contribution in [0.15, 0.2) is 27.5 Å². The second-order valence-electron chi connectivity index (χ2n) is 4.08. The molecule has 0 radical (unpaired) electrons. The summed E-state index contributed by atoms with van der Waals surface area (Å²) < 4.78 is 44.4. The van der Waals surface area contributed by atoms with Gasteiger partial charge in [-0.15, -0.1) is 0 Å². The molecule has 0 fully saturated rings. The number of halogens is 4. The van der Waals surface area contributed by atoms with Crippen LogP contribution in [0.1, 0.15) is 5.69 Å². The Morgan fingerprint density at radius 3 is 2.62 bits per heavy atom. The third kappa shape index (κ3) is 3.07. The topological polar surface area (TPSA) is 61.2 Å². The Morgan fingerprint density at radius 1 is 1.38 bits per heavy atom. The fraction of sp³-hybridized carbons (Fsp3) is 0.250.